The van der Waals surface area contributed by atoms with Gasteiger partial charge in [0.2, 0.25) is 0 Å². The molecular formula is C23H25F3N4O4. The monoisotopic (exact) mass is 478 g/mol. The zero-order valence-corrected chi connectivity index (χ0v) is 17.8. The lowest BCUT2D eigenvalue weighted by Crippen LogP contribution is -2.20. The van der Waals surface area contributed by atoms with E-state index in [-0.39, 0.29) is 10.2 Å². The number of rotatable bonds is 4. The number of hydrogen-bond donors (Lipinski definition) is 3. The van der Waals surface area contributed by atoms with Crippen molar-refractivity contribution in [2.24, 2.45) is 5.73 Å². The number of aromatic nitrogens is 1. The zero-order chi connectivity index (χ0) is 24.4. The van der Waals surface area contributed by atoms with Crippen molar-refractivity contribution < 1.29 is 36.5 Å². The second-order valence-electron chi connectivity index (χ2n) is 7.49. The summed E-state index contributed by atoms with van der Waals surface area (Å²) in [7, 11) is 1.57. The number of ether oxygens (including phenoxy) is 2. The molecule has 2 aromatic carbocycles. The Labute approximate surface area is 196 Å². The van der Waals surface area contributed by atoms with Crippen LogP contribution in [0.3, 0.4) is 0 Å². The summed E-state index contributed by atoms with van der Waals surface area (Å²) in [6.45, 7) is 0. The van der Waals surface area contributed by atoms with E-state index in [9.17, 15) is 22.8 Å². The molecule has 8 nitrogen and oxygen atoms in total. The molecule has 11 heteroatoms. The molecule has 0 spiro atoms. The fraction of sp³-hybridized carbons (Fsp3) is 0.174. The van der Waals surface area contributed by atoms with E-state index in [1.165, 1.54) is 5.56 Å². The third-order valence-corrected chi connectivity index (χ3v) is 5.09. The van der Waals surface area contributed by atoms with Gasteiger partial charge in [-0.25, -0.2) is 18.0 Å². The first-order chi connectivity index (χ1) is 16.2. The van der Waals surface area contributed by atoms with Crippen LogP contribution in [0, 0.1) is 17.5 Å². The van der Waals surface area contributed by atoms with Crippen LogP contribution in [0.5, 0.6) is 17.2 Å². The SMILES string of the molecule is CNC(=O)c1cc(Oc2ccc3c(c2)[C@H]2C[C@H]2O3)ccn1.NC(=O)Nc1cc(F)c(F)cc1F.[HH].[HH].[HH]. The molecule has 1 aliphatic carbocycles. The van der Waals surface area contributed by atoms with E-state index in [0.717, 1.165) is 17.9 Å². The lowest BCUT2D eigenvalue weighted by atomic mass is 10.1. The van der Waals surface area contributed by atoms with Crippen LogP contribution in [-0.4, -0.2) is 30.1 Å². The summed E-state index contributed by atoms with van der Waals surface area (Å²) < 4.78 is 49.1. The summed E-state index contributed by atoms with van der Waals surface area (Å²) in [5.74, 6) is -1.07. The highest BCUT2D eigenvalue weighted by atomic mass is 19.2. The number of primary amides is 1. The lowest BCUT2D eigenvalue weighted by Gasteiger charge is -2.09. The molecule has 3 amide bonds. The first-order valence-corrected chi connectivity index (χ1v) is 10.1. The summed E-state index contributed by atoms with van der Waals surface area (Å²) in [5.41, 5.74) is 5.71. The Morgan fingerprint density at radius 2 is 1.82 bits per heavy atom. The van der Waals surface area contributed by atoms with Gasteiger partial charge in [-0.05, 0) is 30.7 Å². The van der Waals surface area contributed by atoms with Crippen LogP contribution in [0.15, 0.2) is 48.7 Å². The number of amides is 3. The number of nitrogens with one attached hydrogen (secondary N) is 2. The largest absolute Gasteiger partial charge is 0.489 e. The van der Waals surface area contributed by atoms with Crippen molar-refractivity contribution in [3.63, 3.8) is 0 Å². The van der Waals surface area contributed by atoms with Crippen LogP contribution in [0.4, 0.5) is 23.7 Å². The van der Waals surface area contributed by atoms with E-state index in [1.54, 1.807) is 30.7 Å². The maximum Gasteiger partial charge on any atom is 0.316 e. The van der Waals surface area contributed by atoms with Gasteiger partial charge in [0.1, 0.15) is 34.9 Å². The molecule has 182 valence electrons. The van der Waals surface area contributed by atoms with Crippen molar-refractivity contribution in [2.45, 2.75) is 18.4 Å². The molecule has 0 bridgehead atoms. The summed E-state index contributed by atoms with van der Waals surface area (Å²) in [6.07, 6.45) is 3.04. The second kappa shape index (κ2) is 9.30. The van der Waals surface area contributed by atoms with E-state index in [1.807, 2.05) is 18.2 Å². The first kappa shape index (κ1) is 22.9. The normalized spacial score (nSPS) is 16.7. The smallest absolute Gasteiger partial charge is 0.316 e. The zero-order valence-electron chi connectivity index (χ0n) is 17.8. The topological polar surface area (TPSA) is 116 Å². The van der Waals surface area contributed by atoms with Gasteiger partial charge >= 0.3 is 6.03 Å². The van der Waals surface area contributed by atoms with Gasteiger partial charge in [-0.2, -0.15) is 0 Å². The summed E-state index contributed by atoms with van der Waals surface area (Å²) in [5, 5.41) is 4.34. The number of urea groups is 1. The van der Waals surface area contributed by atoms with Crippen molar-refractivity contribution in [2.75, 3.05) is 12.4 Å². The Hall–Kier alpha value is -4.28. The minimum absolute atomic E-state index is 0. The van der Waals surface area contributed by atoms with E-state index >= 15 is 0 Å². The van der Waals surface area contributed by atoms with Crippen molar-refractivity contribution in [1.29, 1.82) is 0 Å². The Kier molecular flexibility index (Phi) is 6.26. The molecule has 2 aliphatic rings. The van der Waals surface area contributed by atoms with Crippen LogP contribution in [-0.2, 0) is 0 Å². The van der Waals surface area contributed by atoms with Crippen molar-refractivity contribution in [3.8, 4) is 17.2 Å². The molecule has 2 atom stereocenters. The number of nitrogens with two attached hydrogens (primary N) is 1. The number of nitrogens with zero attached hydrogens (tertiary/aromatic N) is 1. The molecule has 5 rings (SSSR count). The molecule has 3 aromatic rings. The van der Waals surface area contributed by atoms with Gasteiger partial charge in [-0.1, -0.05) is 0 Å². The van der Waals surface area contributed by atoms with Crippen molar-refractivity contribution in [3.05, 3.63) is 77.4 Å². The molecule has 2 heterocycles. The van der Waals surface area contributed by atoms with Gasteiger partial charge in [0.05, 0.1) is 5.69 Å². The molecule has 1 fully saturated rings. The number of benzene rings is 2. The van der Waals surface area contributed by atoms with Gasteiger partial charge in [-0.3, -0.25) is 9.78 Å². The molecule has 1 aliphatic heterocycles. The summed E-state index contributed by atoms with van der Waals surface area (Å²) in [6, 6.07) is 8.98. The Morgan fingerprint density at radius 3 is 2.56 bits per heavy atom. The van der Waals surface area contributed by atoms with E-state index in [2.05, 4.69) is 16.0 Å². The predicted molar refractivity (Wildman–Crippen MR) is 122 cm³/mol. The minimum Gasteiger partial charge on any atom is -0.489 e. The Bertz CT molecular complexity index is 1290. The van der Waals surface area contributed by atoms with Gasteiger partial charge in [0.25, 0.3) is 5.91 Å². The number of fused-ring (bicyclic) bond motifs is 3. The third-order valence-electron chi connectivity index (χ3n) is 5.09. The van der Waals surface area contributed by atoms with Gasteiger partial charge in [0, 0.05) is 47.2 Å². The Morgan fingerprint density at radius 1 is 1.09 bits per heavy atom. The molecular weight excluding hydrogens is 453 g/mol. The molecule has 0 radical (unpaired) electrons. The molecule has 0 saturated heterocycles. The summed E-state index contributed by atoms with van der Waals surface area (Å²) >= 11 is 0. The maximum absolute atomic E-state index is 12.7. The number of hydrogen-bond acceptors (Lipinski definition) is 5. The predicted octanol–water partition coefficient (Wildman–Crippen LogP) is 4.81. The van der Waals surface area contributed by atoms with Crippen LogP contribution in [0.25, 0.3) is 0 Å². The van der Waals surface area contributed by atoms with Gasteiger partial charge in [0.15, 0.2) is 11.6 Å². The van der Waals surface area contributed by atoms with Crippen molar-refractivity contribution >= 4 is 17.6 Å². The highest BCUT2D eigenvalue weighted by molar-refractivity contribution is 5.92. The van der Waals surface area contributed by atoms with Gasteiger partial charge in [-0.15, -0.1) is 0 Å². The quantitative estimate of drug-likeness (QED) is 0.465. The second-order valence-corrected chi connectivity index (χ2v) is 7.49. The standard InChI is InChI=1S/C16H14N2O3.C7H5F3N2O.3H2/c1-17-16(19)13-7-10(4-5-18-13)20-9-2-3-14-11(6-9)12-8-15(12)21-14;8-3-1-5(10)6(2-4(3)9)12-7(11)13;;;/h2-7,12,15H,8H2,1H3,(H,17,19);1-2H,(H3,11,12,13);3*1H/t12-,15-;;;;/m1..../s1. The van der Waals surface area contributed by atoms with Crippen LogP contribution in [0.2, 0.25) is 0 Å². The number of carbonyl (C=O) groups excluding carboxylic acids is 2. The molecule has 4 N–H and O–H groups in total. The molecule has 1 saturated carbocycles. The highest BCUT2D eigenvalue weighted by Gasteiger charge is 2.48. The molecule has 0 unspecified atom stereocenters. The van der Waals surface area contributed by atoms with E-state index in [4.69, 9.17) is 9.47 Å². The molecule has 34 heavy (non-hydrogen) atoms. The maximum atomic E-state index is 12.7. The van der Waals surface area contributed by atoms with Crippen LogP contribution < -0.4 is 25.8 Å². The average molecular weight is 478 g/mol. The fourth-order valence-corrected chi connectivity index (χ4v) is 3.39. The summed E-state index contributed by atoms with van der Waals surface area (Å²) in [4.78, 5) is 25.8. The van der Waals surface area contributed by atoms with Crippen molar-refractivity contribution in [1.82, 2.24) is 10.3 Å². The lowest BCUT2D eigenvalue weighted by molar-refractivity contribution is 0.0957. The average Bonchev–Trinajstić information content (AvgIpc) is 3.49. The van der Waals surface area contributed by atoms with Crippen LogP contribution in [0.1, 0.15) is 32.7 Å². The minimum atomic E-state index is -1.33. The third kappa shape index (κ3) is 5.03. The van der Waals surface area contributed by atoms with Crippen LogP contribution >= 0.6 is 0 Å². The number of halogens is 3. The first-order valence-electron chi connectivity index (χ1n) is 10.1. The molecule has 1 aromatic heterocycles. The van der Waals surface area contributed by atoms with E-state index in [0.29, 0.717) is 35.6 Å². The van der Waals surface area contributed by atoms with E-state index < -0.39 is 29.2 Å². The highest BCUT2D eigenvalue weighted by Crippen LogP contribution is 2.54. The Balaban J connectivity index is 0.000000378. The fourth-order valence-electron chi connectivity index (χ4n) is 3.39. The van der Waals surface area contributed by atoms with Gasteiger partial charge < -0.3 is 25.8 Å². The number of anilines is 1. The number of pyridine rings is 1. The number of carbonyl (C=O) groups is 2.